The minimum Gasteiger partial charge on any atom is -0.465 e. The van der Waals surface area contributed by atoms with Crippen molar-refractivity contribution in [1.29, 1.82) is 0 Å². The van der Waals surface area contributed by atoms with E-state index in [0.29, 0.717) is 13.2 Å². The third-order valence-corrected chi connectivity index (χ3v) is 11.5. The monoisotopic (exact) mass is 742 g/mol. The molecule has 0 radical (unpaired) electrons. The zero-order valence-corrected chi connectivity index (χ0v) is 35.4. The Bertz CT molecular complexity index is 722. The Kier molecular flexibility index (Phi) is 39.8. The summed E-state index contributed by atoms with van der Waals surface area (Å²) in [5.41, 5.74) is 0. The number of aliphatic hydroxyl groups excluding tert-OH is 1. The second-order valence-electron chi connectivity index (χ2n) is 15.3. The van der Waals surface area contributed by atoms with Gasteiger partial charge in [0.25, 0.3) is 0 Å². The van der Waals surface area contributed by atoms with Crippen molar-refractivity contribution in [2.24, 2.45) is 11.8 Å². The third kappa shape index (κ3) is 34.7. The zero-order valence-electron chi connectivity index (χ0n) is 34.5. The quantitative estimate of drug-likeness (QED) is 0.0494. The smallest absolute Gasteiger partial charge is 0.309 e. The lowest BCUT2D eigenvalue weighted by Gasteiger charge is -2.21. The summed E-state index contributed by atoms with van der Waals surface area (Å²) in [6.07, 6.45) is 33.6. The SMILES string of the molecule is CCCCCCCCSCC(C)C(=O)OCCCCCN(CCO)CCCCCCCOC(=O)C(CCCCCCCC)CCCCCCCC. The van der Waals surface area contributed by atoms with Gasteiger partial charge in [-0.15, -0.1) is 0 Å². The Hall–Kier alpha value is -0.790. The Balaban J connectivity index is 4.01. The van der Waals surface area contributed by atoms with Gasteiger partial charge in [0.2, 0.25) is 0 Å². The van der Waals surface area contributed by atoms with Gasteiger partial charge < -0.3 is 19.5 Å². The van der Waals surface area contributed by atoms with Crippen molar-refractivity contribution in [3.8, 4) is 0 Å². The number of aliphatic hydroxyl groups is 1. The molecule has 0 aromatic carbocycles. The summed E-state index contributed by atoms with van der Waals surface area (Å²) in [5, 5.41) is 9.55. The Morgan fingerprint density at radius 1 is 0.529 bits per heavy atom. The van der Waals surface area contributed by atoms with E-state index in [9.17, 15) is 14.7 Å². The van der Waals surface area contributed by atoms with Gasteiger partial charge >= 0.3 is 11.9 Å². The molecule has 0 bridgehead atoms. The van der Waals surface area contributed by atoms with E-state index in [1.807, 2.05) is 18.7 Å². The van der Waals surface area contributed by atoms with Gasteiger partial charge in [0.1, 0.15) is 0 Å². The molecule has 0 saturated carbocycles. The Morgan fingerprint density at radius 3 is 1.45 bits per heavy atom. The van der Waals surface area contributed by atoms with Crippen LogP contribution in [0.25, 0.3) is 0 Å². The molecule has 1 N–H and O–H groups in total. The van der Waals surface area contributed by atoms with Gasteiger partial charge in [-0.25, -0.2) is 0 Å². The topological polar surface area (TPSA) is 76.1 Å². The van der Waals surface area contributed by atoms with Crippen LogP contribution in [0.5, 0.6) is 0 Å². The summed E-state index contributed by atoms with van der Waals surface area (Å²) >= 11 is 1.89. The van der Waals surface area contributed by atoms with Crippen LogP contribution in [0.1, 0.15) is 207 Å². The van der Waals surface area contributed by atoms with Gasteiger partial charge in [-0.2, -0.15) is 11.8 Å². The lowest BCUT2D eigenvalue weighted by Crippen LogP contribution is -2.29. The first kappa shape index (κ1) is 50.2. The van der Waals surface area contributed by atoms with Crippen molar-refractivity contribution < 1.29 is 24.2 Å². The molecule has 0 spiro atoms. The lowest BCUT2D eigenvalue weighted by atomic mass is 9.94. The van der Waals surface area contributed by atoms with Gasteiger partial charge in [0.05, 0.1) is 31.7 Å². The van der Waals surface area contributed by atoms with Gasteiger partial charge in [-0.1, -0.05) is 156 Å². The number of esters is 2. The maximum Gasteiger partial charge on any atom is 0.309 e. The fraction of sp³-hybridized carbons (Fsp3) is 0.955. The van der Waals surface area contributed by atoms with Crippen LogP contribution in [-0.2, 0) is 19.1 Å². The highest BCUT2D eigenvalue weighted by Gasteiger charge is 2.19. The molecule has 304 valence electrons. The average molecular weight is 742 g/mol. The van der Waals surface area contributed by atoms with Crippen LogP contribution in [0.2, 0.25) is 0 Å². The average Bonchev–Trinajstić information content (AvgIpc) is 3.13. The molecule has 0 aliphatic heterocycles. The van der Waals surface area contributed by atoms with E-state index < -0.39 is 0 Å². The maximum atomic E-state index is 13.0. The number of hydrogen-bond acceptors (Lipinski definition) is 7. The summed E-state index contributed by atoms with van der Waals surface area (Å²) in [4.78, 5) is 27.7. The Morgan fingerprint density at radius 2 is 0.941 bits per heavy atom. The molecule has 51 heavy (non-hydrogen) atoms. The highest BCUT2D eigenvalue weighted by Crippen LogP contribution is 2.21. The van der Waals surface area contributed by atoms with Gasteiger partial charge in [0, 0.05) is 12.3 Å². The molecule has 0 saturated heterocycles. The molecule has 1 unspecified atom stereocenters. The number of nitrogens with zero attached hydrogens (tertiary/aromatic N) is 1. The van der Waals surface area contributed by atoms with E-state index in [1.165, 1.54) is 109 Å². The minimum absolute atomic E-state index is 0.0306. The lowest BCUT2D eigenvalue weighted by molar-refractivity contribution is -0.149. The molecule has 0 fully saturated rings. The second-order valence-corrected chi connectivity index (χ2v) is 16.4. The van der Waals surface area contributed by atoms with Crippen LogP contribution in [0.15, 0.2) is 0 Å². The molecule has 1 atom stereocenters. The fourth-order valence-electron chi connectivity index (χ4n) is 6.70. The summed E-state index contributed by atoms with van der Waals surface area (Å²) in [6, 6.07) is 0. The molecule has 0 amide bonds. The number of carbonyl (C=O) groups is 2. The van der Waals surface area contributed by atoms with Crippen molar-refractivity contribution in [2.75, 3.05) is 51.0 Å². The number of rotatable bonds is 41. The molecule has 7 heteroatoms. The van der Waals surface area contributed by atoms with Crippen LogP contribution in [0.3, 0.4) is 0 Å². The number of unbranched alkanes of at least 4 members (excludes halogenated alkanes) is 21. The molecule has 0 rings (SSSR count). The largest absolute Gasteiger partial charge is 0.465 e. The third-order valence-electron chi connectivity index (χ3n) is 10.2. The molecule has 0 aliphatic rings. The van der Waals surface area contributed by atoms with Gasteiger partial charge in [-0.3, -0.25) is 9.59 Å². The minimum atomic E-state index is -0.0540. The van der Waals surface area contributed by atoms with Crippen LogP contribution in [0.4, 0.5) is 0 Å². The predicted molar refractivity (Wildman–Crippen MR) is 222 cm³/mol. The van der Waals surface area contributed by atoms with Crippen molar-refractivity contribution in [2.45, 2.75) is 207 Å². The van der Waals surface area contributed by atoms with E-state index in [0.717, 1.165) is 102 Å². The van der Waals surface area contributed by atoms with Crippen LogP contribution < -0.4 is 0 Å². The molecule has 0 aliphatic carbocycles. The number of hydrogen-bond donors (Lipinski definition) is 1. The van der Waals surface area contributed by atoms with E-state index in [-0.39, 0.29) is 30.4 Å². The van der Waals surface area contributed by atoms with Crippen LogP contribution >= 0.6 is 11.8 Å². The summed E-state index contributed by atoms with van der Waals surface area (Å²) in [6.45, 7) is 12.7. The molecular weight excluding hydrogens is 655 g/mol. The van der Waals surface area contributed by atoms with Crippen LogP contribution in [0, 0.1) is 11.8 Å². The first-order valence-corrected chi connectivity index (χ1v) is 23.4. The zero-order chi connectivity index (χ0) is 37.5. The first-order valence-electron chi connectivity index (χ1n) is 22.2. The number of ether oxygens (including phenoxy) is 2. The van der Waals surface area contributed by atoms with Crippen molar-refractivity contribution in [1.82, 2.24) is 4.90 Å². The van der Waals surface area contributed by atoms with E-state index >= 15 is 0 Å². The van der Waals surface area contributed by atoms with Gasteiger partial charge in [0.15, 0.2) is 0 Å². The standard InChI is InChI=1S/C44H87NO5S/c1-5-8-11-14-18-24-31-42(32-25-19-15-12-9-6-2)44(48)50-38-28-21-17-20-26-33-45(35-36-46)34-27-23-29-37-49-43(47)41(4)40-51-39-30-22-16-13-10-7-3/h41-42,46H,5-40H2,1-4H3. The predicted octanol–water partition coefficient (Wildman–Crippen LogP) is 12.3. The molecule has 0 heterocycles. The van der Waals surface area contributed by atoms with Gasteiger partial charge in [-0.05, 0) is 70.2 Å². The number of carbonyl (C=O) groups excluding carboxylic acids is 2. The summed E-state index contributed by atoms with van der Waals surface area (Å²) in [5.74, 6) is 2.06. The highest BCUT2D eigenvalue weighted by atomic mass is 32.2. The molecule has 6 nitrogen and oxygen atoms in total. The van der Waals surface area contributed by atoms with E-state index in [1.54, 1.807) is 0 Å². The van der Waals surface area contributed by atoms with Crippen molar-refractivity contribution >= 4 is 23.7 Å². The molecular formula is C44H87NO5S. The van der Waals surface area contributed by atoms with Crippen molar-refractivity contribution in [3.05, 3.63) is 0 Å². The normalized spacial score (nSPS) is 12.2. The molecule has 0 aromatic heterocycles. The van der Waals surface area contributed by atoms with Crippen LogP contribution in [-0.4, -0.2) is 72.9 Å². The second kappa shape index (κ2) is 40.4. The highest BCUT2D eigenvalue weighted by molar-refractivity contribution is 7.99. The maximum absolute atomic E-state index is 13.0. The summed E-state index contributed by atoms with van der Waals surface area (Å²) in [7, 11) is 0. The fourth-order valence-corrected chi connectivity index (χ4v) is 7.76. The Labute approximate surface area is 322 Å². The van der Waals surface area contributed by atoms with E-state index in [4.69, 9.17) is 9.47 Å². The number of thioether (sulfide) groups is 1. The molecule has 0 aromatic rings. The first-order chi connectivity index (χ1) is 25.0. The van der Waals surface area contributed by atoms with Crippen molar-refractivity contribution in [3.63, 3.8) is 0 Å². The summed E-state index contributed by atoms with van der Waals surface area (Å²) < 4.78 is 11.4. The van der Waals surface area contributed by atoms with E-state index in [2.05, 4.69) is 25.7 Å².